The molecule has 35 heavy (non-hydrogen) atoms. The van der Waals surface area contributed by atoms with Crippen LogP contribution in [-0.2, 0) is 19.1 Å². The summed E-state index contributed by atoms with van der Waals surface area (Å²) in [6, 6.07) is 15.2. The first kappa shape index (κ1) is 24.7. The van der Waals surface area contributed by atoms with Gasteiger partial charge in [-0.1, -0.05) is 55.5 Å². The summed E-state index contributed by atoms with van der Waals surface area (Å²) in [5, 5.41) is 12.4. The van der Waals surface area contributed by atoms with Crippen molar-refractivity contribution in [1.82, 2.24) is 10.2 Å². The third-order valence-electron chi connectivity index (χ3n) is 7.14. The van der Waals surface area contributed by atoms with Gasteiger partial charge in [-0.05, 0) is 47.9 Å². The van der Waals surface area contributed by atoms with Crippen molar-refractivity contribution >= 4 is 18.0 Å². The van der Waals surface area contributed by atoms with Crippen molar-refractivity contribution < 1.29 is 29.0 Å². The summed E-state index contributed by atoms with van der Waals surface area (Å²) < 4.78 is 11.0. The molecule has 1 fully saturated rings. The highest BCUT2D eigenvalue weighted by Gasteiger charge is 2.46. The zero-order valence-corrected chi connectivity index (χ0v) is 20.2. The molecule has 8 nitrogen and oxygen atoms in total. The predicted octanol–water partition coefficient (Wildman–Crippen LogP) is 3.79. The summed E-state index contributed by atoms with van der Waals surface area (Å²) in [5.74, 6) is -1.61. The van der Waals surface area contributed by atoms with E-state index < -0.39 is 29.6 Å². The van der Waals surface area contributed by atoms with Crippen LogP contribution in [0, 0.1) is 0 Å². The van der Waals surface area contributed by atoms with E-state index >= 15 is 0 Å². The minimum atomic E-state index is -1.41. The maximum absolute atomic E-state index is 13.6. The van der Waals surface area contributed by atoms with Crippen molar-refractivity contribution in [3.8, 4) is 11.1 Å². The van der Waals surface area contributed by atoms with E-state index in [9.17, 15) is 19.5 Å². The Hall–Kier alpha value is -3.39. The Labute approximate surface area is 205 Å². The fourth-order valence-corrected chi connectivity index (χ4v) is 5.28. The van der Waals surface area contributed by atoms with Crippen molar-refractivity contribution in [1.29, 1.82) is 0 Å². The van der Waals surface area contributed by atoms with Gasteiger partial charge in [0, 0.05) is 19.6 Å². The molecule has 1 aliphatic carbocycles. The molecule has 2 atom stereocenters. The van der Waals surface area contributed by atoms with Gasteiger partial charge in [-0.15, -0.1) is 0 Å². The molecule has 8 heteroatoms. The number of hydrogen-bond donors (Lipinski definition) is 2. The number of fused-ring (bicyclic) bond motifs is 3. The average molecular weight is 481 g/mol. The van der Waals surface area contributed by atoms with Gasteiger partial charge in [-0.2, -0.15) is 0 Å². The Morgan fingerprint density at radius 3 is 2.26 bits per heavy atom. The number of aliphatic carboxylic acids is 1. The summed E-state index contributed by atoms with van der Waals surface area (Å²) >= 11 is 0. The van der Waals surface area contributed by atoms with Gasteiger partial charge < -0.3 is 24.8 Å². The number of benzene rings is 2. The summed E-state index contributed by atoms with van der Waals surface area (Å²) in [6.45, 7) is 2.12. The lowest BCUT2D eigenvalue weighted by molar-refractivity contribution is -0.156. The van der Waals surface area contributed by atoms with Crippen LogP contribution in [0.25, 0.3) is 11.1 Å². The lowest BCUT2D eigenvalue weighted by Gasteiger charge is -2.40. The molecule has 4 rings (SSSR count). The number of nitrogens with zero attached hydrogens (tertiary/aromatic N) is 1. The lowest BCUT2D eigenvalue weighted by atomic mass is 9.92. The largest absolute Gasteiger partial charge is 0.480 e. The maximum Gasteiger partial charge on any atom is 0.408 e. The molecule has 2 aliphatic rings. The number of carboxylic acids is 1. The third kappa shape index (κ3) is 4.75. The van der Waals surface area contributed by atoms with Gasteiger partial charge in [-0.3, -0.25) is 4.79 Å². The molecule has 1 heterocycles. The molecule has 2 N–H and O–H groups in total. The molecule has 1 aliphatic heterocycles. The number of amides is 2. The Kier molecular flexibility index (Phi) is 7.40. The van der Waals surface area contributed by atoms with Gasteiger partial charge >= 0.3 is 12.1 Å². The van der Waals surface area contributed by atoms with Gasteiger partial charge in [0.05, 0.1) is 6.61 Å². The average Bonchev–Trinajstić information content (AvgIpc) is 3.20. The molecule has 2 amide bonds. The highest BCUT2D eigenvalue weighted by molar-refractivity contribution is 5.93. The molecule has 0 radical (unpaired) electrons. The molecule has 0 saturated carbocycles. The summed E-state index contributed by atoms with van der Waals surface area (Å²) in [6.07, 6.45) is 1.34. The standard InChI is InChI=1S/C27H32N2O6/c1-3-27(17-34-2,25(32)29-15-9-8-14-23(29)24(30)31)28-26(33)35-16-22-20-12-6-4-10-18(20)19-11-5-7-13-21(19)22/h4-7,10-13,22-23H,3,8-9,14-17H2,1-2H3,(H,28,33)(H,30,31)/t23-,27?/m1/s1. The highest BCUT2D eigenvalue weighted by atomic mass is 16.5. The number of nitrogens with one attached hydrogen (secondary N) is 1. The third-order valence-corrected chi connectivity index (χ3v) is 7.14. The molecule has 0 aromatic heterocycles. The first-order valence-electron chi connectivity index (χ1n) is 12.1. The lowest BCUT2D eigenvalue weighted by Crippen LogP contribution is -2.65. The Balaban J connectivity index is 1.51. The SMILES string of the molecule is CCC(COC)(NC(=O)OCC1c2ccccc2-c2ccccc21)C(=O)N1CCCC[C@@H]1C(=O)O. The van der Waals surface area contributed by atoms with Gasteiger partial charge in [0.2, 0.25) is 0 Å². The topological polar surface area (TPSA) is 105 Å². The van der Waals surface area contributed by atoms with Crippen LogP contribution >= 0.6 is 0 Å². The van der Waals surface area contributed by atoms with E-state index in [1.165, 1.54) is 12.0 Å². The molecule has 0 bridgehead atoms. The van der Waals surface area contributed by atoms with Crippen molar-refractivity contribution in [3.63, 3.8) is 0 Å². The molecular weight excluding hydrogens is 448 g/mol. The summed E-state index contributed by atoms with van der Waals surface area (Å²) in [7, 11) is 1.45. The van der Waals surface area contributed by atoms with Crippen LogP contribution in [-0.4, -0.2) is 66.4 Å². The number of carbonyl (C=O) groups is 3. The minimum absolute atomic E-state index is 0.0879. The van der Waals surface area contributed by atoms with Crippen molar-refractivity contribution in [2.45, 2.75) is 50.1 Å². The maximum atomic E-state index is 13.6. The number of alkyl carbamates (subject to hydrolysis) is 1. The van der Waals surface area contributed by atoms with E-state index in [-0.39, 0.29) is 25.6 Å². The van der Waals surface area contributed by atoms with Gasteiger partial charge in [0.15, 0.2) is 0 Å². The van der Waals surface area contributed by atoms with E-state index in [4.69, 9.17) is 9.47 Å². The Bertz CT molecular complexity index is 1060. The van der Waals surface area contributed by atoms with E-state index in [1.807, 2.05) is 36.4 Å². The molecule has 1 saturated heterocycles. The smallest absolute Gasteiger partial charge is 0.408 e. The molecular formula is C27H32N2O6. The van der Waals surface area contributed by atoms with Crippen LogP contribution in [0.3, 0.4) is 0 Å². The molecule has 1 unspecified atom stereocenters. The van der Waals surface area contributed by atoms with Gasteiger partial charge in [0.25, 0.3) is 5.91 Å². The molecule has 0 spiro atoms. The summed E-state index contributed by atoms with van der Waals surface area (Å²) in [5.41, 5.74) is 3.02. The fourth-order valence-electron chi connectivity index (χ4n) is 5.28. The van der Waals surface area contributed by atoms with Gasteiger partial charge in [-0.25, -0.2) is 9.59 Å². The van der Waals surface area contributed by atoms with Crippen LogP contribution in [0.2, 0.25) is 0 Å². The first-order chi connectivity index (χ1) is 16.9. The second-order valence-corrected chi connectivity index (χ2v) is 9.17. The molecule has 186 valence electrons. The second kappa shape index (κ2) is 10.5. The number of ether oxygens (including phenoxy) is 2. The first-order valence-corrected chi connectivity index (χ1v) is 12.1. The number of methoxy groups -OCH3 is 1. The van der Waals surface area contributed by atoms with Crippen molar-refractivity contribution in [3.05, 3.63) is 59.7 Å². The number of piperidine rings is 1. The minimum Gasteiger partial charge on any atom is -0.480 e. The zero-order chi connectivity index (χ0) is 25.0. The van der Waals surface area contributed by atoms with E-state index in [0.29, 0.717) is 19.4 Å². The Morgan fingerprint density at radius 1 is 1.06 bits per heavy atom. The second-order valence-electron chi connectivity index (χ2n) is 9.17. The van der Waals surface area contributed by atoms with Crippen molar-refractivity contribution in [2.24, 2.45) is 0 Å². The van der Waals surface area contributed by atoms with Crippen LogP contribution in [0.1, 0.15) is 49.7 Å². The normalized spacial score (nSPS) is 18.8. The van der Waals surface area contributed by atoms with E-state index in [0.717, 1.165) is 28.7 Å². The molecule has 2 aromatic carbocycles. The number of hydrogen-bond acceptors (Lipinski definition) is 5. The fraction of sp³-hybridized carbons (Fsp3) is 0.444. The highest BCUT2D eigenvalue weighted by Crippen LogP contribution is 2.44. The number of likely N-dealkylation sites (tertiary alicyclic amines) is 1. The predicted molar refractivity (Wildman–Crippen MR) is 130 cm³/mol. The Morgan fingerprint density at radius 2 is 1.69 bits per heavy atom. The van der Waals surface area contributed by atoms with E-state index in [2.05, 4.69) is 17.4 Å². The number of rotatable bonds is 8. The zero-order valence-electron chi connectivity index (χ0n) is 20.2. The monoisotopic (exact) mass is 480 g/mol. The van der Waals surface area contributed by atoms with Gasteiger partial charge in [0.1, 0.15) is 18.2 Å². The van der Waals surface area contributed by atoms with Crippen molar-refractivity contribution in [2.75, 3.05) is 26.9 Å². The quantitative estimate of drug-likeness (QED) is 0.596. The van der Waals surface area contributed by atoms with Crippen LogP contribution in [0.4, 0.5) is 4.79 Å². The van der Waals surface area contributed by atoms with Crippen LogP contribution < -0.4 is 5.32 Å². The number of carboxylic acid groups (broad SMARTS) is 1. The molecule has 2 aromatic rings. The van der Waals surface area contributed by atoms with Crippen LogP contribution in [0.5, 0.6) is 0 Å². The summed E-state index contributed by atoms with van der Waals surface area (Å²) in [4.78, 5) is 39.7. The van der Waals surface area contributed by atoms with E-state index in [1.54, 1.807) is 6.92 Å². The number of carbonyl (C=O) groups excluding carboxylic acids is 2. The van der Waals surface area contributed by atoms with Crippen LogP contribution in [0.15, 0.2) is 48.5 Å².